The lowest BCUT2D eigenvalue weighted by molar-refractivity contribution is -0.141. The van der Waals surface area contributed by atoms with E-state index in [1.807, 2.05) is 0 Å². The first-order valence-electron chi connectivity index (χ1n) is 16.0. The zero-order valence-electron chi connectivity index (χ0n) is 23.9. The smallest absolute Gasteiger partial charge is 0.314 e. The SMILES string of the molecule is CC1CCC(C2CCC(C(=O)Oc3ccc(OC(=O)C4CCC(C5CCC(C)CC5)CC4)cc3)CC2)CC1. The number of benzene rings is 1. The van der Waals surface area contributed by atoms with Gasteiger partial charge >= 0.3 is 11.9 Å². The Hall–Kier alpha value is -1.84. The highest BCUT2D eigenvalue weighted by molar-refractivity contribution is 5.76. The Morgan fingerprint density at radius 3 is 1.03 bits per heavy atom. The fraction of sp³-hybridized carbons (Fsp3) is 0.765. The van der Waals surface area contributed by atoms with Gasteiger partial charge in [0.05, 0.1) is 11.8 Å². The number of esters is 2. The second-order valence-electron chi connectivity index (χ2n) is 13.6. The molecule has 0 heterocycles. The fourth-order valence-electron chi connectivity index (χ4n) is 8.14. The van der Waals surface area contributed by atoms with Crippen LogP contribution in [0.2, 0.25) is 0 Å². The third-order valence-electron chi connectivity index (χ3n) is 10.9. The van der Waals surface area contributed by atoms with Crippen molar-refractivity contribution in [2.45, 2.75) is 117 Å². The summed E-state index contributed by atoms with van der Waals surface area (Å²) in [6.45, 7) is 4.76. The standard InChI is InChI=1S/C34H50O4/c1-23-3-7-25(8-4-23)27-11-15-29(16-12-27)33(35)37-31-19-21-32(22-20-31)38-34(36)30-17-13-28(14-18-30)26-9-5-24(2)6-10-26/h19-30H,3-18H2,1-2H3. The molecular formula is C34H50O4. The van der Waals surface area contributed by atoms with Crippen LogP contribution in [0.1, 0.15) is 117 Å². The molecule has 0 bridgehead atoms. The van der Waals surface area contributed by atoms with Crippen LogP contribution in [0.25, 0.3) is 0 Å². The first-order valence-corrected chi connectivity index (χ1v) is 16.0. The lowest BCUT2D eigenvalue weighted by atomic mass is 9.69. The van der Waals surface area contributed by atoms with Gasteiger partial charge in [-0.2, -0.15) is 0 Å². The van der Waals surface area contributed by atoms with E-state index in [0.29, 0.717) is 11.5 Å². The van der Waals surface area contributed by atoms with E-state index in [1.165, 1.54) is 51.4 Å². The van der Waals surface area contributed by atoms with E-state index >= 15 is 0 Å². The topological polar surface area (TPSA) is 52.6 Å². The molecule has 1 aromatic rings. The number of rotatable bonds is 6. The number of hydrogen-bond donors (Lipinski definition) is 0. The summed E-state index contributed by atoms with van der Waals surface area (Å²) in [5.74, 6) is 6.02. The molecule has 4 nitrogen and oxygen atoms in total. The Bertz CT molecular complexity index is 816. The summed E-state index contributed by atoms with van der Waals surface area (Å²) in [6, 6.07) is 7.04. The second kappa shape index (κ2) is 13.0. The van der Waals surface area contributed by atoms with Crippen LogP contribution in [-0.4, -0.2) is 11.9 Å². The summed E-state index contributed by atoms with van der Waals surface area (Å²) in [4.78, 5) is 25.6. The van der Waals surface area contributed by atoms with E-state index in [2.05, 4.69) is 13.8 Å². The summed E-state index contributed by atoms with van der Waals surface area (Å²) < 4.78 is 11.4. The van der Waals surface area contributed by atoms with Crippen molar-refractivity contribution in [1.82, 2.24) is 0 Å². The molecule has 4 saturated carbocycles. The van der Waals surface area contributed by atoms with E-state index in [-0.39, 0.29) is 23.8 Å². The van der Waals surface area contributed by atoms with Crippen LogP contribution in [0.4, 0.5) is 0 Å². The quantitative estimate of drug-likeness (QED) is 0.277. The highest BCUT2D eigenvalue weighted by Gasteiger charge is 2.34. The van der Waals surface area contributed by atoms with Crippen molar-refractivity contribution in [2.75, 3.05) is 0 Å². The monoisotopic (exact) mass is 522 g/mol. The summed E-state index contributed by atoms with van der Waals surface area (Å²) in [5.41, 5.74) is 0. The Kier molecular flexibility index (Phi) is 9.49. The van der Waals surface area contributed by atoms with Gasteiger partial charge in [-0.05, 0) is 137 Å². The molecule has 0 N–H and O–H groups in total. The average molecular weight is 523 g/mol. The van der Waals surface area contributed by atoms with Crippen molar-refractivity contribution in [3.05, 3.63) is 24.3 Å². The molecule has 5 rings (SSSR count). The third-order valence-corrected chi connectivity index (χ3v) is 10.9. The van der Waals surface area contributed by atoms with Crippen LogP contribution in [0.15, 0.2) is 24.3 Å². The molecule has 4 fully saturated rings. The van der Waals surface area contributed by atoms with E-state index in [0.717, 1.165) is 86.9 Å². The molecule has 0 aliphatic heterocycles. The van der Waals surface area contributed by atoms with E-state index in [9.17, 15) is 9.59 Å². The minimum absolute atomic E-state index is 0.0124. The van der Waals surface area contributed by atoms with Gasteiger partial charge in [-0.15, -0.1) is 0 Å². The molecule has 0 amide bonds. The number of carbonyl (C=O) groups is 2. The molecule has 0 atom stereocenters. The summed E-state index contributed by atoms with van der Waals surface area (Å²) >= 11 is 0. The Balaban J connectivity index is 1.02. The van der Waals surface area contributed by atoms with Crippen LogP contribution in [0, 0.1) is 47.3 Å². The number of ether oxygens (including phenoxy) is 2. The molecular weight excluding hydrogens is 472 g/mol. The highest BCUT2D eigenvalue weighted by Crippen LogP contribution is 2.43. The van der Waals surface area contributed by atoms with E-state index in [4.69, 9.17) is 9.47 Å². The van der Waals surface area contributed by atoms with Crippen LogP contribution in [-0.2, 0) is 9.59 Å². The molecule has 210 valence electrons. The molecule has 0 spiro atoms. The second-order valence-corrected chi connectivity index (χ2v) is 13.6. The lowest BCUT2D eigenvalue weighted by Crippen LogP contribution is -2.30. The van der Waals surface area contributed by atoms with Gasteiger partial charge in [0, 0.05) is 0 Å². The van der Waals surface area contributed by atoms with Gasteiger partial charge in [-0.3, -0.25) is 9.59 Å². The minimum Gasteiger partial charge on any atom is -0.426 e. The largest absolute Gasteiger partial charge is 0.426 e. The molecule has 38 heavy (non-hydrogen) atoms. The Morgan fingerprint density at radius 1 is 0.474 bits per heavy atom. The maximum absolute atomic E-state index is 12.8. The predicted molar refractivity (Wildman–Crippen MR) is 151 cm³/mol. The van der Waals surface area contributed by atoms with Crippen molar-refractivity contribution < 1.29 is 19.1 Å². The predicted octanol–water partition coefficient (Wildman–Crippen LogP) is 8.76. The first-order chi connectivity index (χ1) is 18.4. The van der Waals surface area contributed by atoms with Crippen LogP contribution in [0.5, 0.6) is 11.5 Å². The van der Waals surface area contributed by atoms with Gasteiger partial charge in [-0.25, -0.2) is 0 Å². The lowest BCUT2D eigenvalue weighted by Gasteiger charge is -2.36. The molecule has 4 aliphatic rings. The van der Waals surface area contributed by atoms with E-state index < -0.39 is 0 Å². The normalized spacial score (nSPS) is 36.3. The molecule has 0 unspecified atom stereocenters. The van der Waals surface area contributed by atoms with Crippen molar-refractivity contribution >= 4 is 11.9 Å². The minimum atomic E-state index is -0.102. The zero-order chi connectivity index (χ0) is 26.5. The average Bonchev–Trinajstić information content (AvgIpc) is 2.95. The van der Waals surface area contributed by atoms with Crippen LogP contribution >= 0.6 is 0 Å². The van der Waals surface area contributed by atoms with Crippen molar-refractivity contribution in [3.63, 3.8) is 0 Å². The molecule has 0 aromatic heterocycles. The summed E-state index contributed by atoms with van der Waals surface area (Å²) in [5, 5.41) is 0. The maximum atomic E-state index is 12.8. The third kappa shape index (κ3) is 7.21. The maximum Gasteiger partial charge on any atom is 0.314 e. The number of carbonyl (C=O) groups excluding carboxylic acids is 2. The van der Waals surface area contributed by atoms with Crippen LogP contribution in [0.3, 0.4) is 0 Å². The fourth-order valence-corrected chi connectivity index (χ4v) is 8.14. The first kappa shape index (κ1) is 27.7. The molecule has 0 saturated heterocycles. The van der Waals surface area contributed by atoms with Crippen LogP contribution < -0.4 is 9.47 Å². The van der Waals surface area contributed by atoms with E-state index in [1.54, 1.807) is 24.3 Å². The van der Waals surface area contributed by atoms with Gasteiger partial charge in [0.1, 0.15) is 11.5 Å². The van der Waals surface area contributed by atoms with Gasteiger partial charge in [0.2, 0.25) is 0 Å². The van der Waals surface area contributed by atoms with Crippen molar-refractivity contribution in [3.8, 4) is 11.5 Å². The molecule has 1 aromatic carbocycles. The van der Waals surface area contributed by atoms with Gasteiger partial charge in [0.25, 0.3) is 0 Å². The number of hydrogen-bond acceptors (Lipinski definition) is 4. The zero-order valence-corrected chi connectivity index (χ0v) is 23.9. The molecule has 4 heteroatoms. The molecule has 4 aliphatic carbocycles. The van der Waals surface area contributed by atoms with Gasteiger partial charge in [-0.1, -0.05) is 39.5 Å². The summed E-state index contributed by atoms with van der Waals surface area (Å²) in [7, 11) is 0. The van der Waals surface area contributed by atoms with Gasteiger partial charge < -0.3 is 9.47 Å². The highest BCUT2D eigenvalue weighted by atomic mass is 16.5. The Labute approximate surface area is 230 Å². The molecule has 0 radical (unpaired) electrons. The Morgan fingerprint density at radius 2 is 0.737 bits per heavy atom. The van der Waals surface area contributed by atoms with Gasteiger partial charge in [0.15, 0.2) is 0 Å². The van der Waals surface area contributed by atoms with Crippen molar-refractivity contribution in [1.29, 1.82) is 0 Å². The summed E-state index contributed by atoms with van der Waals surface area (Å²) in [6.07, 6.45) is 19.4. The van der Waals surface area contributed by atoms with Crippen molar-refractivity contribution in [2.24, 2.45) is 47.3 Å².